The first-order chi connectivity index (χ1) is 13.9. The molecule has 152 valence electrons. The Morgan fingerprint density at radius 1 is 0.966 bits per heavy atom. The first kappa shape index (κ1) is 22.3. The van der Waals surface area contributed by atoms with E-state index in [0.717, 1.165) is 34.2 Å². The van der Waals surface area contributed by atoms with Crippen molar-refractivity contribution in [3.05, 3.63) is 104 Å². The van der Waals surface area contributed by atoms with Crippen molar-refractivity contribution in [2.24, 2.45) is 0 Å². The molecule has 0 aliphatic rings. The van der Waals surface area contributed by atoms with Crippen molar-refractivity contribution in [2.75, 3.05) is 7.05 Å². The lowest BCUT2D eigenvalue weighted by molar-refractivity contribution is 0.112. The Bertz CT molecular complexity index is 1010. The van der Waals surface area contributed by atoms with Crippen LogP contribution in [0.2, 0.25) is 0 Å². The van der Waals surface area contributed by atoms with Crippen LogP contribution in [-0.4, -0.2) is 18.3 Å². The highest BCUT2D eigenvalue weighted by atomic mass is 16.1. The lowest BCUT2D eigenvalue weighted by Gasteiger charge is -2.13. The molecule has 4 nitrogen and oxygen atoms in total. The van der Waals surface area contributed by atoms with Gasteiger partial charge in [0.05, 0.1) is 0 Å². The van der Waals surface area contributed by atoms with Gasteiger partial charge in [-0.05, 0) is 56.1 Å². The van der Waals surface area contributed by atoms with E-state index in [4.69, 9.17) is 0 Å². The van der Waals surface area contributed by atoms with Gasteiger partial charge in [-0.25, -0.2) is 0 Å². The molecule has 1 unspecified atom stereocenters. The molecule has 1 atom stereocenters. The zero-order chi connectivity index (χ0) is 21.4. The highest BCUT2D eigenvalue weighted by molar-refractivity contribution is 5.77. The molecule has 0 saturated heterocycles. The largest absolute Gasteiger partial charge is 0.326 e. The molecule has 0 aliphatic heterocycles. The lowest BCUT2D eigenvalue weighted by Crippen LogP contribution is -2.20. The molecule has 0 spiro atoms. The Morgan fingerprint density at radius 3 is 2.21 bits per heavy atom. The van der Waals surface area contributed by atoms with Crippen molar-refractivity contribution >= 4 is 6.29 Å². The molecule has 0 bridgehead atoms. The number of rotatable bonds is 5. The number of carbonyl (C=O) groups excluding carboxylic acids is 1. The second kappa shape index (κ2) is 10.5. The van der Waals surface area contributed by atoms with Gasteiger partial charge in [0.1, 0.15) is 6.29 Å². The molecular weight excluding hydrogens is 360 g/mol. The minimum Gasteiger partial charge on any atom is -0.326 e. The van der Waals surface area contributed by atoms with E-state index in [-0.39, 0.29) is 5.56 Å². The van der Waals surface area contributed by atoms with Gasteiger partial charge in [0.15, 0.2) is 0 Å². The fraction of sp³-hybridized carbons (Fsp3) is 0.280. The van der Waals surface area contributed by atoms with E-state index in [1.165, 1.54) is 11.1 Å². The van der Waals surface area contributed by atoms with Gasteiger partial charge in [-0.2, -0.15) is 0 Å². The minimum absolute atomic E-state index is 0.0156. The Balaban J connectivity index is 0.000000221. The summed E-state index contributed by atoms with van der Waals surface area (Å²) in [5.74, 6) is 0.357. The van der Waals surface area contributed by atoms with Crippen LogP contribution < -0.4 is 10.9 Å². The predicted octanol–water partition coefficient (Wildman–Crippen LogP) is 4.67. The van der Waals surface area contributed by atoms with E-state index < -0.39 is 0 Å². The number of nitrogens with one attached hydrogen (secondary N) is 2. The predicted molar refractivity (Wildman–Crippen MR) is 120 cm³/mol. The van der Waals surface area contributed by atoms with Crippen LogP contribution in [0.3, 0.4) is 0 Å². The molecule has 2 aromatic carbocycles. The average Bonchev–Trinajstić information content (AvgIpc) is 2.71. The highest BCUT2D eigenvalue weighted by Crippen LogP contribution is 2.25. The molecule has 1 heterocycles. The van der Waals surface area contributed by atoms with Crippen LogP contribution >= 0.6 is 0 Å². The number of benzene rings is 2. The van der Waals surface area contributed by atoms with Crippen molar-refractivity contribution in [1.82, 2.24) is 10.3 Å². The van der Waals surface area contributed by atoms with E-state index in [1.807, 2.05) is 52.1 Å². The standard InChI is InChI=1S/C16H16O.C9H14N2O/c1-12-10-15(8-9-16(12)11-17)13(2)14-6-4-3-5-7-14;1-6-4-7(2)11-9(12)8(6)5-10-3/h3-11,13H,1-2H3;4,10H,5H2,1-3H3,(H,11,12). The second-order valence-electron chi connectivity index (χ2n) is 7.34. The van der Waals surface area contributed by atoms with Gasteiger partial charge in [0.25, 0.3) is 5.56 Å². The van der Waals surface area contributed by atoms with Gasteiger partial charge >= 0.3 is 0 Å². The van der Waals surface area contributed by atoms with Crippen LogP contribution in [0.1, 0.15) is 56.7 Å². The number of hydrogen-bond donors (Lipinski definition) is 2. The zero-order valence-corrected chi connectivity index (χ0v) is 17.9. The maximum absolute atomic E-state index is 11.4. The van der Waals surface area contributed by atoms with Gasteiger partial charge < -0.3 is 10.3 Å². The zero-order valence-electron chi connectivity index (χ0n) is 17.9. The number of aryl methyl sites for hydroxylation is 3. The van der Waals surface area contributed by atoms with Crippen LogP contribution in [0.15, 0.2) is 59.4 Å². The fourth-order valence-electron chi connectivity index (χ4n) is 3.31. The van der Waals surface area contributed by atoms with Crippen LogP contribution in [0.25, 0.3) is 0 Å². The highest BCUT2D eigenvalue weighted by Gasteiger charge is 2.09. The Labute approximate surface area is 173 Å². The third-order valence-corrected chi connectivity index (χ3v) is 5.07. The number of aromatic nitrogens is 1. The summed E-state index contributed by atoms with van der Waals surface area (Å²) in [4.78, 5) is 24.9. The number of aldehydes is 1. The van der Waals surface area contributed by atoms with E-state index in [2.05, 4.69) is 47.6 Å². The summed E-state index contributed by atoms with van der Waals surface area (Å²) in [6, 6.07) is 18.4. The number of pyridine rings is 1. The quantitative estimate of drug-likeness (QED) is 0.622. The van der Waals surface area contributed by atoms with Gasteiger partial charge in [-0.15, -0.1) is 0 Å². The van der Waals surface area contributed by atoms with Gasteiger partial charge in [0.2, 0.25) is 0 Å². The number of aromatic amines is 1. The Morgan fingerprint density at radius 2 is 1.66 bits per heavy atom. The summed E-state index contributed by atoms with van der Waals surface area (Å²) in [5, 5.41) is 2.97. The maximum atomic E-state index is 11.4. The molecule has 0 saturated carbocycles. The molecular formula is C25H30N2O2. The number of hydrogen-bond acceptors (Lipinski definition) is 3. The SMILES string of the molecule is CNCc1c(C)cc(C)[nH]c1=O.Cc1cc(C(C)c2ccccc2)ccc1C=O. The second-order valence-corrected chi connectivity index (χ2v) is 7.34. The van der Waals surface area contributed by atoms with Crippen molar-refractivity contribution in [3.8, 4) is 0 Å². The first-order valence-corrected chi connectivity index (χ1v) is 9.82. The van der Waals surface area contributed by atoms with Crippen LogP contribution in [0.4, 0.5) is 0 Å². The molecule has 2 N–H and O–H groups in total. The third kappa shape index (κ3) is 6.00. The lowest BCUT2D eigenvalue weighted by atomic mass is 9.91. The first-order valence-electron chi connectivity index (χ1n) is 9.82. The normalized spacial score (nSPS) is 11.3. The van der Waals surface area contributed by atoms with Crippen molar-refractivity contribution in [2.45, 2.75) is 40.2 Å². The molecule has 3 rings (SSSR count). The van der Waals surface area contributed by atoms with Gasteiger partial charge in [0, 0.05) is 29.3 Å². The van der Waals surface area contributed by atoms with E-state index in [1.54, 1.807) is 0 Å². The van der Waals surface area contributed by atoms with Crippen LogP contribution in [0.5, 0.6) is 0 Å². The minimum atomic E-state index is 0.0156. The monoisotopic (exact) mass is 390 g/mol. The van der Waals surface area contributed by atoms with Crippen LogP contribution in [0, 0.1) is 20.8 Å². The van der Waals surface area contributed by atoms with E-state index in [9.17, 15) is 9.59 Å². The number of carbonyl (C=O) groups is 1. The summed E-state index contributed by atoms with van der Waals surface area (Å²) in [5.41, 5.74) is 7.16. The maximum Gasteiger partial charge on any atom is 0.252 e. The Hall–Kier alpha value is -2.98. The molecule has 0 fully saturated rings. The van der Waals surface area contributed by atoms with E-state index >= 15 is 0 Å². The van der Waals surface area contributed by atoms with E-state index in [0.29, 0.717) is 12.5 Å². The molecule has 0 amide bonds. The summed E-state index contributed by atoms with van der Waals surface area (Å²) in [6.07, 6.45) is 0.909. The van der Waals surface area contributed by atoms with Gasteiger partial charge in [-0.3, -0.25) is 9.59 Å². The molecule has 29 heavy (non-hydrogen) atoms. The average molecular weight is 391 g/mol. The smallest absolute Gasteiger partial charge is 0.252 e. The van der Waals surface area contributed by atoms with Crippen molar-refractivity contribution in [1.29, 1.82) is 0 Å². The summed E-state index contributed by atoms with van der Waals surface area (Å²) in [7, 11) is 1.83. The summed E-state index contributed by atoms with van der Waals surface area (Å²) in [6.45, 7) is 8.63. The van der Waals surface area contributed by atoms with Crippen molar-refractivity contribution in [3.63, 3.8) is 0 Å². The molecule has 4 heteroatoms. The van der Waals surface area contributed by atoms with Crippen LogP contribution in [-0.2, 0) is 6.54 Å². The molecule has 1 aromatic heterocycles. The Kier molecular flexibility index (Phi) is 8.10. The summed E-state index contributed by atoms with van der Waals surface area (Å²) < 4.78 is 0. The molecule has 0 aliphatic carbocycles. The van der Waals surface area contributed by atoms with Gasteiger partial charge in [-0.1, -0.05) is 55.5 Å². The fourth-order valence-corrected chi connectivity index (χ4v) is 3.31. The third-order valence-electron chi connectivity index (χ3n) is 5.07. The molecule has 3 aromatic rings. The topological polar surface area (TPSA) is 62.0 Å². The number of H-pyrrole nitrogens is 1. The van der Waals surface area contributed by atoms with Crippen molar-refractivity contribution < 1.29 is 4.79 Å². The molecule has 0 radical (unpaired) electrons. The summed E-state index contributed by atoms with van der Waals surface area (Å²) >= 11 is 0.